The number of carbonyl (C=O) groups excluding carboxylic acids is 2. The molecule has 2 amide bonds. The van der Waals surface area contributed by atoms with E-state index in [4.69, 9.17) is 11.6 Å². The van der Waals surface area contributed by atoms with E-state index in [1.54, 1.807) is 13.1 Å². The number of aryl methyl sites for hydroxylation is 1. The zero-order valence-corrected chi connectivity index (χ0v) is 16.4. The zero-order valence-electron chi connectivity index (χ0n) is 14.8. The quantitative estimate of drug-likeness (QED) is 0.674. The van der Waals surface area contributed by atoms with Gasteiger partial charge in [0.1, 0.15) is 5.69 Å². The normalized spacial score (nSPS) is 11.4. The number of anilines is 1. The van der Waals surface area contributed by atoms with Crippen molar-refractivity contribution in [3.8, 4) is 0 Å². The SMILES string of the molecule is CC(=O)NS(=O)(=O)c1ccc(NC(=O)c2cc3c(F)c(Cl)ccc3n2C)cc1. The monoisotopic (exact) mass is 423 g/mol. The molecule has 0 aliphatic heterocycles. The molecule has 0 aliphatic rings. The Hall–Kier alpha value is -2.91. The fourth-order valence-electron chi connectivity index (χ4n) is 2.73. The molecule has 3 aromatic rings. The Morgan fingerprint density at radius 1 is 1.11 bits per heavy atom. The van der Waals surface area contributed by atoms with Crippen LogP contribution in [0.1, 0.15) is 17.4 Å². The van der Waals surface area contributed by atoms with E-state index in [0.29, 0.717) is 11.2 Å². The molecule has 0 spiro atoms. The van der Waals surface area contributed by atoms with E-state index in [9.17, 15) is 22.4 Å². The van der Waals surface area contributed by atoms with Crippen molar-refractivity contribution in [1.82, 2.24) is 9.29 Å². The van der Waals surface area contributed by atoms with Crippen LogP contribution in [0.15, 0.2) is 47.4 Å². The number of rotatable bonds is 4. The minimum Gasteiger partial charge on any atom is -0.340 e. The molecule has 0 aliphatic carbocycles. The Bertz CT molecular complexity index is 1200. The number of nitrogens with zero attached hydrogens (tertiary/aromatic N) is 1. The first-order valence-electron chi connectivity index (χ1n) is 7.98. The molecule has 0 saturated carbocycles. The summed E-state index contributed by atoms with van der Waals surface area (Å²) in [6.45, 7) is 1.09. The van der Waals surface area contributed by atoms with Gasteiger partial charge in [-0.1, -0.05) is 11.6 Å². The van der Waals surface area contributed by atoms with Gasteiger partial charge < -0.3 is 9.88 Å². The Morgan fingerprint density at radius 3 is 2.36 bits per heavy atom. The van der Waals surface area contributed by atoms with Gasteiger partial charge in [0.15, 0.2) is 5.82 Å². The number of nitrogens with one attached hydrogen (secondary N) is 2. The highest BCUT2D eigenvalue weighted by Crippen LogP contribution is 2.27. The zero-order chi connectivity index (χ0) is 20.6. The van der Waals surface area contributed by atoms with Crippen LogP contribution in [0.4, 0.5) is 10.1 Å². The van der Waals surface area contributed by atoms with Crippen LogP contribution in [0.5, 0.6) is 0 Å². The first kappa shape index (κ1) is 19.8. The summed E-state index contributed by atoms with van der Waals surface area (Å²) in [6.07, 6.45) is 0. The van der Waals surface area contributed by atoms with E-state index < -0.39 is 27.7 Å². The smallest absolute Gasteiger partial charge is 0.272 e. The molecule has 1 aromatic heterocycles. The van der Waals surface area contributed by atoms with E-state index >= 15 is 0 Å². The minimum absolute atomic E-state index is 0.0407. The Kier molecular flexibility index (Phi) is 5.14. The summed E-state index contributed by atoms with van der Waals surface area (Å²) < 4.78 is 41.4. The van der Waals surface area contributed by atoms with Crippen molar-refractivity contribution in [3.05, 3.63) is 59.0 Å². The van der Waals surface area contributed by atoms with E-state index in [-0.39, 0.29) is 21.0 Å². The molecule has 28 heavy (non-hydrogen) atoms. The van der Waals surface area contributed by atoms with Gasteiger partial charge in [-0.2, -0.15) is 0 Å². The van der Waals surface area contributed by atoms with Crippen LogP contribution >= 0.6 is 11.6 Å². The fraction of sp³-hybridized carbons (Fsp3) is 0.111. The van der Waals surface area contributed by atoms with Gasteiger partial charge in [0.25, 0.3) is 15.9 Å². The maximum Gasteiger partial charge on any atom is 0.272 e. The van der Waals surface area contributed by atoms with Gasteiger partial charge in [-0.05, 0) is 42.5 Å². The van der Waals surface area contributed by atoms with Crippen LogP contribution in [0.25, 0.3) is 10.9 Å². The van der Waals surface area contributed by atoms with Gasteiger partial charge in [-0.3, -0.25) is 9.59 Å². The molecule has 1 heterocycles. The lowest BCUT2D eigenvalue weighted by molar-refractivity contribution is -0.117. The van der Waals surface area contributed by atoms with Crippen LogP contribution < -0.4 is 10.0 Å². The van der Waals surface area contributed by atoms with E-state index in [2.05, 4.69) is 5.32 Å². The lowest BCUT2D eigenvalue weighted by atomic mass is 10.2. The van der Waals surface area contributed by atoms with Gasteiger partial charge in [-0.15, -0.1) is 0 Å². The first-order valence-corrected chi connectivity index (χ1v) is 9.84. The lowest BCUT2D eigenvalue weighted by Gasteiger charge is -2.08. The molecule has 10 heteroatoms. The summed E-state index contributed by atoms with van der Waals surface area (Å²) in [4.78, 5) is 23.4. The summed E-state index contributed by atoms with van der Waals surface area (Å²) in [7, 11) is -2.34. The number of halogens is 2. The molecule has 146 valence electrons. The second-order valence-corrected chi connectivity index (χ2v) is 8.11. The molecule has 0 unspecified atom stereocenters. The molecule has 0 saturated heterocycles. The second-order valence-electron chi connectivity index (χ2n) is 6.02. The molecular formula is C18H15ClFN3O4S. The van der Waals surface area contributed by atoms with Crippen molar-refractivity contribution in [2.45, 2.75) is 11.8 Å². The van der Waals surface area contributed by atoms with Gasteiger partial charge in [0.05, 0.1) is 15.4 Å². The fourth-order valence-corrected chi connectivity index (χ4v) is 3.88. The van der Waals surface area contributed by atoms with Crippen molar-refractivity contribution >= 4 is 50.0 Å². The maximum atomic E-state index is 14.2. The molecule has 0 bridgehead atoms. The average Bonchev–Trinajstić information content (AvgIpc) is 2.95. The molecule has 0 radical (unpaired) electrons. The number of amides is 2. The summed E-state index contributed by atoms with van der Waals surface area (Å²) in [5.74, 6) is -1.83. The second kappa shape index (κ2) is 7.25. The third-order valence-electron chi connectivity index (χ3n) is 4.05. The number of hydrogen-bond acceptors (Lipinski definition) is 4. The first-order chi connectivity index (χ1) is 13.1. The topological polar surface area (TPSA) is 97.3 Å². The number of fused-ring (bicyclic) bond motifs is 1. The highest BCUT2D eigenvalue weighted by atomic mass is 35.5. The van der Waals surface area contributed by atoms with Crippen molar-refractivity contribution in [2.24, 2.45) is 7.05 Å². The number of aromatic nitrogens is 1. The summed E-state index contributed by atoms with van der Waals surface area (Å²) >= 11 is 5.78. The van der Waals surface area contributed by atoms with Gasteiger partial charge in [0, 0.05) is 25.0 Å². The number of carbonyl (C=O) groups is 2. The predicted octanol–water partition coefficient (Wildman–Crippen LogP) is 3.05. The summed E-state index contributed by atoms with van der Waals surface area (Å²) in [5, 5.41) is 2.79. The van der Waals surface area contributed by atoms with E-state index in [1.807, 2.05) is 4.72 Å². The standard InChI is InChI=1S/C18H15ClFN3O4S/c1-10(24)22-28(26,27)12-5-3-11(4-6-12)21-18(25)16-9-13-15(23(16)2)8-7-14(19)17(13)20/h3-9H,1-2H3,(H,21,25)(H,22,24). The number of sulfonamides is 1. The van der Waals surface area contributed by atoms with Crippen LogP contribution in [0, 0.1) is 5.82 Å². The van der Waals surface area contributed by atoms with E-state index in [1.165, 1.54) is 41.0 Å². The third-order valence-corrected chi connectivity index (χ3v) is 5.79. The molecule has 7 nitrogen and oxygen atoms in total. The third kappa shape index (κ3) is 3.71. The van der Waals surface area contributed by atoms with Crippen LogP contribution in [-0.4, -0.2) is 24.8 Å². The Morgan fingerprint density at radius 2 is 1.75 bits per heavy atom. The molecule has 0 atom stereocenters. The van der Waals surface area contributed by atoms with Crippen molar-refractivity contribution in [3.63, 3.8) is 0 Å². The lowest BCUT2D eigenvalue weighted by Crippen LogP contribution is -2.28. The Balaban J connectivity index is 1.86. The molecule has 3 rings (SSSR count). The van der Waals surface area contributed by atoms with Gasteiger partial charge in [0.2, 0.25) is 5.91 Å². The minimum atomic E-state index is -3.96. The van der Waals surface area contributed by atoms with Crippen LogP contribution in [-0.2, 0) is 21.9 Å². The summed E-state index contributed by atoms with van der Waals surface area (Å²) in [5.41, 5.74) is 1.03. The van der Waals surface area contributed by atoms with Crippen molar-refractivity contribution < 1.29 is 22.4 Å². The van der Waals surface area contributed by atoms with Crippen LogP contribution in [0.3, 0.4) is 0 Å². The van der Waals surface area contributed by atoms with Crippen LogP contribution in [0.2, 0.25) is 5.02 Å². The predicted molar refractivity (Wildman–Crippen MR) is 103 cm³/mol. The highest BCUT2D eigenvalue weighted by molar-refractivity contribution is 7.90. The maximum absolute atomic E-state index is 14.2. The highest BCUT2D eigenvalue weighted by Gasteiger charge is 2.18. The largest absolute Gasteiger partial charge is 0.340 e. The van der Waals surface area contributed by atoms with Gasteiger partial charge in [-0.25, -0.2) is 17.5 Å². The van der Waals surface area contributed by atoms with Crippen molar-refractivity contribution in [2.75, 3.05) is 5.32 Å². The van der Waals surface area contributed by atoms with E-state index in [0.717, 1.165) is 6.92 Å². The molecule has 2 aromatic carbocycles. The molecular weight excluding hydrogens is 409 g/mol. The Labute approximate surface area is 165 Å². The molecule has 2 N–H and O–H groups in total. The summed E-state index contributed by atoms with van der Waals surface area (Å²) in [6, 6.07) is 9.68. The number of hydrogen-bond donors (Lipinski definition) is 2. The average molecular weight is 424 g/mol. The molecule has 0 fully saturated rings. The number of benzene rings is 2. The van der Waals surface area contributed by atoms with Gasteiger partial charge >= 0.3 is 0 Å². The van der Waals surface area contributed by atoms with Crippen molar-refractivity contribution in [1.29, 1.82) is 0 Å².